The van der Waals surface area contributed by atoms with Gasteiger partial charge in [0.1, 0.15) is 0 Å². The maximum absolute atomic E-state index is 14.4. The zero-order chi connectivity index (χ0) is 17.2. The highest BCUT2D eigenvalue weighted by Gasteiger charge is 2.40. The van der Waals surface area contributed by atoms with Crippen LogP contribution in [0.2, 0.25) is 0 Å². The molecule has 22 heavy (non-hydrogen) atoms. The van der Waals surface area contributed by atoms with Crippen LogP contribution >= 0.6 is 17.1 Å². The van der Waals surface area contributed by atoms with E-state index >= 15 is 0 Å². The van der Waals surface area contributed by atoms with Crippen LogP contribution in [0.25, 0.3) is 0 Å². The Labute approximate surface area is 144 Å². The van der Waals surface area contributed by atoms with Crippen molar-refractivity contribution in [2.45, 2.75) is 72.0 Å². The number of rotatable bonds is 13. The maximum Gasteiger partial charge on any atom is 0.302 e. The van der Waals surface area contributed by atoms with Crippen molar-refractivity contribution < 1.29 is 17.8 Å². The molecule has 0 bridgehead atoms. The molecule has 0 aromatic rings. The van der Waals surface area contributed by atoms with Gasteiger partial charge in [0, 0.05) is 17.8 Å². The normalized spacial score (nSPS) is 16.7. The zero-order valence-corrected chi connectivity index (χ0v) is 17.0. The molecule has 0 saturated heterocycles. The van der Waals surface area contributed by atoms with E-state index < -0.39 is 10.9 Å². The molecule has 0 amide bonds. The number of hydrogen-bond acceptors (Lipinski definition) is 4. The average Bonchev–Trinajstić information content (AvgIpc) is 2.41. The van der Waals surface area contributed by atoms with Crippen LogP contribution < -0.4 is 0 Å². The lowest BCUT2D eigenvalue weighted by Crippen LogP contribution is -2.17. The highest BCUT2D eigenvalue weighted by atomic mass is 32.9. The van der Waals surface area contributed by atoms with E-state index in [2.05, 4.69) is 6.92 Å². The molecule has 2 nitrogen and oxygen atoms in total. The molecule has 0 rings (SSSR count). The fraction of sp³-hybridized carbons (Fsp3) is 1.00. The van der Waals surface area contributed by atoms with Crippen LogP contribution in [0.3, 0.4) is 0 Å². The van der Waals surface area contributed by atoms with Crippen molar-refractivity contribution >= 4 is 28.9 Å². The summed E-state index contributed by atoms with van der Waals surface area (Å²) in [4.78, 5) is 0. The standard InChI is InChI=1S/C15H31F2O2PS2/c1-6-9-10-14(7-2)11-15(16,17)22-20(21,18-8-3)19-12-13(4)5/h13-14H,6-12H2,1-5H3. The second kappa shape index (κ2) is 11.4. The van der Waals surface area contributed by atoms with Crippen LogP contribution in [0.4, 0.5) is 8.78 Å². The van der Waals surface area contributed by atoms with Gasteiger partial charge in [0.25, 0.3) is 5.69 Å². The van der Waals surface area contributed by atoms with E-state index in [1.165, 1.54) is 0 Å². The van der Waals surface area contributed by atoms with Gasteiger partial charge in [-0.25, -0.2) is 0 Å². The molecule has 0 aliphatic rings. The van der Waals surface area contributed by atoms with Gasteiger partial charge >= 0.3 is 5.25 Å². The van der Waals surface area contributed by atoms with Crippen molar-refractivity contribution in [2.24, 2.45) is 11.8 Å². The fourth-order valence-corrected chi connectivity index (χ4v) is 7.08. The highest BCUT2D eigenvalue weighted by molar-refractivity contribution is 8.68. The van der Waals surface area contributed by atoms with E-state index in [0.29, 0.717) is 24.6 Å². The van der Waals surface area contributed by atoms with Crippen molar-refractivity contribution in [1.29, 1.82) is 0 Å². The summed E-state index contributed by atoms with van der Waals surface area (Å²) in [6.45, 7) is 10.4. The predicted octanol–water partition coefficient (Wildman–Crippen LogP) is 6.85. The fourth-order valence-electron chi connectivity index (χ4n) is 1.97. The van der Waals surface area contributed by atoms with Crippen LogP contribution in [0.1, 0.15) is 66.7 Å². The molecule has 0 heterocycles. The summed E-state index contributed by atoms with van der Waals surface area (Å²) >= 11 is 5.73. The molecule has 2 atom stereocenters. The average molecular weight is 377 g/mol. The van der Waals surface area contributed by atoms with Crippen LogP contribution in [-0.4, -0.2) is 18.5 Å². The van der Waals surface area contributed by atoms with Gasteiger partial charge in [-0.15, -0.1) is 0 Å². The molecule has 0 fully saturated rings. The van der Waals surface area contributed by atoms with Crippen molar-refractivity contribution in [3.8, 4) is 0 Å². The van der Waals surface area contributed by atoms with E-state index in [-0.39, 0.29) is 18.3 Å². The molecule has 7 heteroatoms. The lowest BCUT2D eigenvalue weighted by Gasteiger charge is -2.28. The van der Waals surface area contributed by atoms with Crippen molar-refractivity contribution in [1.82, 2.24) is 0 Å². The molecule has 0 N–H and O–H groups in total. The molecular weight excluding hydrogens is 345 g/mol. The van der Waals surface area contributed by atoms with Crippen molar-refractivity contribution in [3.05, 3.63) is 0 Å². The smallest absolute Gasteiger partial charge is 0.302 e. The first-order valence-electron chi connectivity index (χ1n) is 8.15. The second-order valence-corrected chi connectivity index (χ2v) is 12.2. The maximum atomic E-state index is 14.4. The molecule has 0 aliphatic carbocycles. The van der Waals surface area contributed by atoms with Crippen LogP contribution in [0.15, 0.2) is 0 Å². The third-order valence-electron chi connectivity index (χ3n) is 3.17. The van der Waals surface area contributed by atoms with E-state index in [1.807, 2.05) is 20.8 Å². The zero-order valence-electron chi connectivity index (χ0n) is 14.4. The molecule has 0 aromatic carbocycles. The Morgan fingerprint density at radius 1 is 1.18 bits per heavy atom. The molecule has 134 valence electrons. The third-order valence-corrected chi connectivity index (χ3v) is 8.27. The van der Waals surface area contributed by atoms with Gasteiger partial charge in [0.2, 0.25) is 0 Å². The van der Waals surface area contributed by atoms with Crippen molar-refractivity contribution in [2.75, 3.05) is 13.2 Å². The molecule has 0 spiro atoms. The van der Waals surface area contributed by atoms with E-state index in [1.54, 1.807) is 6.92 Å². The molecule has 0 aliphatic heterocycles. The largest absolute Gasteiger partial charge is 0.322 e. The molecule has 0 saturated carbocycles. The number of unbranched alkanes of at least 4 members (excludes halogenated alkanes) is 1. The number of hydrogen-bond donors (Lipinski definition) is 0. The van der Waals surface area contributed by atoms with E-state index in [9.17, 15) is 8.78 Å². The summed E-state index contributed by atoms with van der Waals surface area (Å²) in [7, 11) is 0. The van der Waals surface area contributed by atoms with Crippen LogP contribution in [0, 0.1) is 11.8 Å². The summed E-state index contributed by atoms with van der Waals surface area (Å²) in [5, 5.41) is -2.89. The van der Waals surface area contributed by atoms with Gasteiger partial charge in [-0.05, 0) is 30.6 Å². The Morgan fingerprint density at radius 3 is 2.27 bits per heavy atom. The lowest BCUT2D eigenvalue weighted by molar-refractivity contribution is 0.0725. The second-order valence-electron chi connectivity index (χ2n) is 5.90. The minimum absolute atomic E-state index is 0.0256. The van der Waals surface area contributed by atoms with Gasteiger partial charge in [0.15, 0.2) is 0 Å². The first-order valence-corrected chi connectivity index (χ1v) is 12.2. The first kappa shape index (κ1) is 22.8. The lowest BCUT2D eigenvalue weighted by atomic mass is 9.96. The summed E-state index contributed by atoms with van der Waals surface area (Å²) in [6.07, 6.45) is 3.48. The minimum atomic E-state index is -2.99. The Bertz CT molecular complexity index is 342. The number of halogens is 2. The summed E-state index contributed by atoms with van der Waals surface area (Å²) < 4.78 is 39.7. The molecular formula is C15H31F2O2PS2. The van der Waals surface area contributed by atoms with Gasteiger partial charge in [0.05, 0.1) is 13.2 Å². The molecule has 0 radical (unpaired) electrons. The van der Waals surface area contributed by atoms with Gasteiger partial charge in [-0.1, -0.05) is 53.4 Å². The van der Waals surface area contributed by atoms with E-state index in [4.69, 9.17) is 20.9 Å². The minimum Gasteiger partial charge on any atom is -0.322 e. The summed E-state index contributed by atoms with van der Waals surface area (Å²) in [5.74, 6) is 0.266. The Morgan fingerprint density at radius 2 is 1.82 bits per heavy atom. The molecule has 0 aromatic heterocycles. The van der Waals surface area contributed by atoms with E-state index in [0.717, 1.165) is 25.7 Å². The van der Waals surface area contributed by atoms with Crippen molar-refractivity contribution in [3.63, 3.8) is 0 Å². The first-order chi connectivity index (χ1) is 10.2. The summed E-state index contributed by atoms with van der Waals surface area (Å²) in [6, 6.07) is 0. The monoisotopic (exact) mass is 376 g/mol. The van der Waals surface area contributed by atoms with Gasteiger partial charge < -0.3 is 9.05 Å². The molecule has 2 unspecified atom stereocenters. The quantitative estimate of drug-likeness (QED) is 0.327. The topological polar surface area (TPSA) is 18.5 Å². The Balaban J connectivity index is 4.74. The van der Waals surface area contributed by atoms with Crippen LogP contribution in [-0.2, 0) is 20.9 Å². The Hall–Kier alpha value is 0.780. The number of alkyl halides is 2. The van der Waals surface area contributed by atoms with Gasteiger partial charge in [-0.3, -0.25) is 0 Å². The SMILES string of the molecule is CCCCC(CC)CC(F)(F)SP(=S)(OCC)OCC(C)C. The predicted molar refractivity (Wildman–Crippen MR) is 97.2 cm³/mol. The highest BCUT2D eigenvalue weighted by Crippen LogP contribution is 2.67. The third kappa shape index (κ3) is 10.5. The summed E-state index contributed by atoms with van der Waals surface area (Å²) in [5.41, 5.74) is -2.99. The van der Waals surface area contributed by atoms with Gasteiger partial charge in [-0.2, -0.15) is 8.78 Å². The van der Waals surface area contributed by atoms with Crippen LogP contribution in [0.5, 0.6) is 0 Å². The Kier molecular flexibility index (Phi) is 11.8.